The first kappa shape index (κ1) is 15.2. The fourth-order valence-electron chi connectivity index (χ4n) is 1.58. The van der Waals surface area contributed by atoms with Crippen LogP contribution in [0.25, 0.3) is 0 Å². The van der Waals surface area contributed by atoms with Gasteiger partial charge in [0.2, 0.25) is 0 Å². The molecule has 2 N–H and O–H groups in total. The maximum atomic E-state index is 12.2. The summed E-state index contributed by atoms with van der Waals surface area (Å²) in [7, 11) is -3.79. The van der Waals surface area contributed by atoms with E-state index in [9.17, 15) is 13.5 Å². The number of halogens is 2. The SMILES string of the molecule is Cc1cc(Br)c(NS(=O)(=O)c2cccc(O)c2)cc1Cl. The average molecular weight is 377 g/mol. The minimum atomic E-state index is -3.79. The lowest BCUT2D eigenvalue weighted by Crippen LogP contribution is -2.13. The Morgan fingerprint density at radius 3 is 2.60 bits per heavy atom. The highest BCUT2D eigenvalue weighted by Crippen LogP contribution is 2.31. The van der Waals surface area contributed by atoms with Gasteiger partial charge >= 0.3 is 0 Å². The van der Waals surface area contributed by atoms with E-state index in [0.717, 1.165) is 5.56 Å². The van der Waals surface area contributed by atoms with Crippen LogP contribution in [0.1, 0.15) is 5.56 Å². The van der Waals surface area contributed by atoms with Crippen LogP contribution in [-0.2, 0) is 10.0 Å². The Morgan fingerprint density at radius 1 is 1.25 bits per heavy atom. The molecule has 0 atom stereocenters. The molecule has 0 spiro atoms. The van der Waals surface area contributed by atoms with E-state index in [1.54, 1.807) is 6.07 Å². The number of anilines is 1. The van der Waals surface area contributed by atoms with Gasteiger partial charge in [-0.25, -0.2) is 8.42 Å². The molecule has 0 fully saturated rings. The van der Waals surface area contributed by atoms with Crippen molar-refractivity contribution in [3.63, 3.8) is 0 Å². The average Bonchev–Trinajstić information content (AvgIpc) is 2.36. The van der Waals surface area contributed by atoms with Crippen molar-refractivity contribution < 1.29 is 13.5 Å². The molecule has 0 aliphatic heterocycles. The number of hydrogen-bond donors (Lipinski definition) is 2. The summed E-state index contributed by atoms with van der Waals surface area (Å²) in [6.45, 7) is 1.82. The zero-order valence-corrected chi connectivity index (χ0v) is 13.6. The topological polar surface area (TPSA) is 66.4 Å². The highest BCUT2D eigenvalue weighted by atomic mass is 79.9. The number of rotatable bonds is 3. The highest BCUT2D eigenvalue weighted by molar-refractivity contribution is 9.10. The van der Waals surface area contributed by atoms with Crippen LogP contribution < -0.4 is 4.72 Å². The van der Waals surface area contributed by atoms with Gasteiger partial charge in [-0.05, 0) is 52.7 Å². The Labute approximate surface area is 130 Å². The molecule has 2 rings (SSSR count). The van der Waals surface area contributed by atoms with E-state index in [1.807, 2.05) is 6.92 Å². The Bertz CT molecular complexity index is 762. The van der Waals surface area contributed by atoms with E-state index >= 15 is 0 Å². The Balaban J connectivity index is 2.41. The fraction of sp³-hybridized carbons (Fsp3) is 0.0769. The van der Waals surface area contributed by atoms with Crippen LogP contribution in [0.15, 0.2) is 45.8 Å². The van der Waals surface area contributed by atoms with Gasteiger partial charge in [-0.1, -0.05) is 17.7 Å². The summed E-state index contributed by atoms with van der Waals surface area (Å²) in [5, 5.41) is 9.81. The van der Waals surface area contributed by atoms with E-state index in [0.29, 0.717) is 15.2 Å². The van der Waals surface area contributed by atoms with Crippen LogP contribution in [0.5, 0.6) is 5.75 Å². The molecule has 7 heteroatoms. The van der Waals surface area contributed by atoms with Crippen LogP contribution in [0, 0.1) is 6.92 Å². The van der Waals surface area contributed by atoms with E-state index in [1.165, 1.54) is 30.3 Å². The summed E-state index contributed by atoms with van der Waals surface area (Å²) in [4.78, 5) is -0.0268. The molecule has 20 heavy (non-hydrogen) atoms. The van der Waals surface area contributed by atoms with Crippen LogP contribution in [-0.4, -0.2) is 13.5 Å². The molecule has 0 amide bonds. The summed E-state index contributed by atoms with van der Waals surface area (Å²) in [6, 6.07) is 8.68. The predicted octanol–water partition coefficient (Wildman–Crippen LogP) is 3.92. The van der Waals surface area contributed by atoms with Crippen LogP contribution in [0.4, 0.5) is 5.69 Å². The highest BCUT2D eigenvalue weighted by Gasteiger charge is 2.16. The maximum Gasteiger partial charge on any atom is 0.262 e. The second kappa shape index (κ2) is 5.63. The number of aryl methyl sites for hydroxylation is 1. The van der Waals surface area contributed by atoms with Gasteiger partial charge in [0, 0.05) is 15.6 Å². The van der Waals surface area contributed by atoms with Crippen molar-refractivity contribution in [2.24, 2.45) is 0 Å². The molecule has 0 unspecified atom stereocenters. The summed E-state index contributed by atoms with van der Waals surface area (Å²) >= 11 is 9.28. The van der Waals surface area contributed by atoms with Gasteiger partial charge in [-0.2, -0.15) is 0 Å². The summed E-state index contributed by atoms with van der Waals surface area (Å²) in [5.74, 6) is -0.117. The summed E-state index contributed by atoms with van der Waals surface area (Å²) < 4.78 is 27.4. The first-order chi connectivity index (χ1) is 9.29. The Kier molecular flexibility index (Phi) is 4.27. The van der Waals surface area contributed by atoms with Crippen LogP contribution >= 0.6 is 27.5 Å². The quantitative estimate of drug-likeness (QED) is 0.853. The van der Waals surface area contributed by atoms with Crippen molar-refractivity contribution >= 4 is 43.2 Å². The van der Waals surface area contributed by atoms with Gasteiger partial charge < -0.3 is 5.11 Å². The lowest BCUT2D eigenvalue weighted by Gasteiger charge is -2.11. The van der Waals surface area contributed by atoms with Gasteiger partial charge in [-0.3, -0.25) is 4.72 Å². The van der Waals surface area contributed by atoms with Gasteiger partial charge in [0.15, 0.2) is 0 Å². The number of aromatic hydroxyl groups is 1. The lowest BCUT2D eigenvalue weighted by atomic mass is 10.2. The monoisotopic (exact) mass is 375 g/mol. The zero-order chi connectivity index (χ0) is 14.9. The molecule has 0 saturated carbocycles. The molecule has 0 aliphatic carbocycles. The van der Waals surface area contributed by atoms with E-state index in [4.69, 9.17) is 11.6 Å². The Hall–Kier alpha value is -1.24. The number of hydrogen-bond acceptors (Lipinski definition) is 3. The van der Waals surface area contributed by atoms with Crippen molar-refractivity contribution in [3.8, 4) is 5.75 Å². The molecule has 2 aromatic rings. The van der Waals surface area contributed by atoms with Gasteiger partial charge in [-0.15, -0.1) is 0 Å². The zero-order valence-electron chi connectivity index (χ0n) is 10.4. The fourth-order valence-corrected chi connectivity index (χ4v) is 3.54. The predicted molar refractivity (Wildman–Crippen MR) is 82.8 cm³/mol. The summed E-state index contributed by atoms with van der Waals surface area (Å²) in [6.07, 6.45) is 0. The standard InChI is InChI=1S/C13H11BrClNO3S/c1-8-5-11(14)13(7-12(8)15)16-20(18,19)10-4-2-3-9(17)6-10/h2-7,16-17H,1H3. The molecule has 0 radical (unpaired) electrons. The molecule has 2 aromatic carbocycles. The first-order valence-electron chi connectivity index (χ1n) is 5.57. The number of phenolic OH excluding ortho intramolecular Hbond substituents is 1. The molecule has 0 saturated heterocycles. The minimum Gasteiger partial charge on any atom is -0.508 e. The minimum absolute atomic E-state index is 0.0268. The third kappa shape index (κ3) is 3.26. The number of sulfonamides is 1. The van der Waals surface area contributed by atoms with E-state index in [-0.39, 0.29) is 10.6 Å². The molecule has 4 nitrogen and oxygen atoms in total. The van der Waals surface area contributed by atoms with E-state index < -0.39 is 10.0 Å². The maximum absolute atomic E-state index is 12.2. The molecule has 0 bridgehead atoms. The van der Waals surface area contributed by atoms with Crippen LogP contribution in [0.2, 0.25) is 5.02 Å². The van der Waals surface area contributed by atoms with Crippen molar-refractivity contribution in [1.82, 2.24) is 0 Å². The Morgan fingerprint density at radius 2 is 1.95 bits per heavy atom. The third-order valence-corrected chi connectivity index (χ3v) is 5.05. The van der Waals surface area contributed by atoms with Crippen molar-refractivity contribution in [1.29, 1.82) is 0 Å². The second-order valence-electron chi connectivity index (χ2n) is 4.18. The second-order valence-corrected chi connectivity index (χ2v) is 7.13. The first-order valence-corrected chi connectivity index (χ1v) is 8.22. The van der Waals surface area contributed by atoms with Crippen molar-refractivity contribution in [2.45, 2.75) is 11.8 Å². The van der Waals surface area contributed by atoms with Crippen molar-refractivity contribution in [2.75, 3.05) is 4.72 Å². The third-order valence-electron chi connectivity index (χ3n) is 2.62. The number of phenols is 1. The molecular weight excluding hydrogens is 366 g/mol. The number of nitrogens with one attached hydrogen (secondary N) is 1. The van der Waals surface area contributed by atoms with Crippen molar-refractivity contribution in [3.05, 3.63) is 51.5 Å². The summed E-state index contributed by atoms with van der Waals surface area (Å²) in [5.41, 5.74) is 1.17. The van der Waals surface area contributed by atoms with E-state index in [2.05, 4.69) is 20.7 Å². The van der Waals surface area contributed by atoms with Gasteiger partial charge in [0.25, 0.3) is 10.0 Å². The van der Waals surface area contributed by atoms with Gasteiger partial charge in [0.05, 0.1) is 10.6 Å². The van der Waals surface area contributed by atoms with Crippen LogP contribution in [0.3, 0.4) is 0 Å². The molecule has 0 heterocycles. The molecule has 0 aliphatic rings. The number of benzene rings is 2. The lowest BCUT2D eigenvalue weighted by molar-refractivity contribution is 0.473. The molecule has 106 valence electrons. The molecule has 0 aromatic heterocycles. The molecular formula is C13H11BrClNO3S. The smallest absolute Gasteiger partial charge is 0.262 e. The normalized spacial score (nSPS) is 11.3. The largest absolute Gasteiger partial charge is 0.508 e. The van der Waals surface area contributed by atoms with Gasteiger partial charge in [0.1, 0.15) is 5.75 Å².